The van der Waals surface area contributed by atoms with Crippen LogP contribution in [0.15, 0.2) is 65.5 Å². The highest BCUT2D eigenvalue weighted by Gasteiger charge is 2.16. The summed E-state index contributed by atoms with van der Waals surface area (Å²) in [4.78, 5) is 19.5. The maximum Gasteiger partial charge on any atom is 0.274 e. The molecule has 0 atom stereocenters. The fourth-order valence-corrected chi connectivity index (χ4v) is 2.79. The monoisotopic (exact) mass is 376 g/mol. The van der Waals surface area contributed by atoms with E-state index in [1.165, 1.54) is 30.3 Å². The van der Waals surface area contributed by atoms with E-state index in [0.717, 1.165) is 12.1 Å². The molecule has 28 heavy (non-hydrogen) atoms. The van der Waals surface area contributed by atoms with Gasteiger partial charge in [0, 0.05) is 5.39 Å². The van der Waals surface area contributed by atoms with Crippen LogP contribution in [-0.4, -0.2) is 14.8 Å². The fourth-order valence-electron chi connectivity index (χ4n) is 2.79. The average Bonchev–Trinajstić information content (AvgIpc) is 2.74. The van der Waals surface area contributed by atoms with Gasteiger partial charge in [0.25, 0.3) is 5.56 Å². The Kier molecular flexibility index (Phi) is 3.79. The number of aromatic nitrogens is 3. The molecular weight excluding hydrogens is 362 g/mol. The minimum atomic E-state index is -2.40. The largest absolute Gasteiger partial charge is 0.274 e. The molecule has 2 heterocycles. The second-order valence-corrected chi connectivity index (χ2v) is 5.85. The van der Waals surface area contributed by atoms with Gasteiger partial charge in [-0.2, -0.15) is 18.9 Å². The first-order valence-electron chi connectivity index (χ1n) is 9.16. The standard InChI is InChI=1S/C21H12F2N4O/c1-24-14-8-6-13(7-9-14)12-27-21(28)16-5-3-2-4-15(16)19(26-27)17-10-11-18(22)25-20(17)23/h2-11H,12H2/i12D2. The summed E-state index contributed by atoms with van der Waals surface area (Å²) >= 11 is 0. The van der Waals surface area contributed by atoms with E-state index in [4.69, 9.17) is 9.31 Å². The molecule has 0 aliphatic rings. The van der Waals surface area contributed by atoms with Crippen LogP contribution >= 0.6 is 0 Å². The average molecular weight is 376 g/mol. The normalized spacial score (nSPS) is 12.3. The van der Waals surface area contributed by atoms with E-state index < -0.39 is 24.0 Å². The number of hydrogen-bond donors (Lipinski definition) is 0. The first-order valence-corrected chi connectivity index (χ1v) is 8.16. The van der Waals surface area contributed by atoms with Gasteiger partial charge < -0.3 is 0 Å². The first-order chi connectivity index (χ1) is 14.3. The molecule has 0 radical (unpaired) electrons. The van der Waals surface area contributed by atoms with Crippen molar-refractivity contribution < 1.29 is 11.5 Å². The number of nitrogens with zero attached hydrogens (tertiary/aromatic N) is 4. The van der Waals surface area contributed by atoms with Crippen molar-refractivity contribution in [3.05, 3.63) is 99.9 Å². The van der Waals surface area contributed by atoms with Gasteiger partial charge in [0.1, 0.15) is 5.69 Å². The fraction of sp³-hybridized carbons (Fsp3) is 0.0476. The van der Waals surface area contributed by atoms with Crippen LogP contribution in [0.4, 0.5) is 14.5 Å². The molecule has 0 saturated carbocycles. The van der Waals surface area contributed by atoms with Gasteiger partial charge in [-0.3, -0.25) is 4.79 Å². The SMILES string of the molecule is [2H]C([2H])(c1ccc([N+]#[C-])cc1)n1nc(-c2ccc(F)nc2F)c2ccccc2c1=O. The molecule has 0 N–H and O–H groups in total. The molecule has 0 saturated heterocycles. The van der Waals surface area contributed by atoms with Crippen LogP contribution in [0.25, 0.3) is 26.9 Å². The van der Waals surface area contributed by atoms with Crippen LogP contribution < -0.4 is 5.56 Å². The van der Waals surface area contributed by atoms with Crippen molar-refractivity contribution in [2.45, 2.75) is 6.50 Å². The second-order valence-electron chi connectivity index (χ2n) is 5.85. The summed E-state index contributed by atoms with van der Waals surface area (Å²) in [5.41, 5.74) is -0.529. The lowest BCUT2D eigenvalue weighted by Gasteiger charge is -2.12. The van der Waals surface area contributed by atoms with Gasteiger partial charge >= 0.3 is 0 Å². The maximum atomic E-state index is 14.4. The maximum absolute atomic E-state index is 14.4. The molecular formula is C21H12F2N4O. The zero-order chi connectivity index (χ0) is 21.5. The molecule has 0 unspecified atom stereocenters. The van der Waals surface area contributed by atoms with Crippen molar-refractivity contribution in [2.75, 3.05) is 0 Å². The van der Waals surface area contributed by atoms with Crippen molar-refractivity contribution in [1.29, 1.82) is 0 Å². The summed E-state index contributed by atoms with van der Waals surface area (Å²) in [7, 11) is 0. The van der Waals surface area contributed by atoms with Crippen LogP contribution in [-0.2, 0) is 6.50 Å². The van der Waals surface area contributed by atoms with Crippen LogP contribution in [0.2, 0.25) is 0 Å². The molecule has 0 amide bonds. The summed E-state index contributed by atoms with van der Waals surface area (Å²) in [6.07, 6.45) is 0. The van der Waals surface area contributed by atoms with Gasteiger partial charge in [-0.05, 0) is 23.8 Å². The molecule has 4 aromatic rings. The number of benzene rings is 2. The van der Waals surface area contributed by atoms with Gasteiger partial charge in [-0.15, -0.1) is 0 Å². The highest BCUT2D eigenvalue weighted by atomic mass is 19.1. The van der Waals surface area contributed by atoms with Crippen molar-refractivity contribution in [3.63, 3.8) is 0 Å². The third kappa shape index (κ3) is 3.12. The van der Waals surface area contributed by atoms with Crippen molar-refractivity contribution >= 4 is 16.5 Å². The Hall–Kier alpha value is -3.92. The summed E-state index contributed by atoms with van der Waals surface area (Å²) in [5.74, 6) is -2.14. The molecule has 5 nitrogen and oxygen atoms in total. The Labute approximate surface area is 161 Å². The van der Waals surface area contributed by atoms with Crippen molar-refractivity contribution in [2.24, 2.45) is 0 Å². The summed E-state index contributed by atoms with van der Waals surface area (Å²) in [6.45, 7) is 4.61. The van der Waals surface area contributed by atoms with Crippen LogP contribution in [0.5, 0.6) is 0 Å². The predicted octanol–water partition coefficient (Wildman–Crippen LogP) is 4.34. The van der Waals surface area contributed by atoms with Crippen LogP contribution in [0.3, 0.4) is 0 Å². The molecule has 136 valence electrons. The van der Waals surface area contributed by atoms with E-state index in [9.17, 15) is 13.6 Å². The lowest BCUT2D eigenvalue weighted by Crippen LogP contribution is -2.24. The number of pyridine rings is 1. The Morgan fingerprint density at radius 1 is 1.04 bits per heavy atom. The summed E-state index contributed by atoms with van der Waals surface area (Å²) < 4.78 is 45.3. The number of rotatable bonds is 3. The molecule has 7 heteroatoms. The van der Waals surface area contributed by atoms with Gasteiger partial charge in [0.2, 0.25) is 11.9 Å². The Balaban J connectivity index is 2.02. The lowest BCUT2D eigenvalue weighted by molar-refractivity contribution is 0.514. The Morgan fingerprint density at radius 2 is 1.75 bits per heavy atom. The highest BCUT2D eigenvalue weighted by Crippen LogP contribution is 2.26. The predicted molar refractivity (Wildman–Crippen MR) is 101 cm³/mol. The third-order valence-electron chi connectivity index (χ3n) is 4.11. The first kappa shape index (κ1) is 15.2. The summed E-state index contributed by atoms with van der Waals surface area (Å²) in [6, 6.07) is 14.0. The molecule has 0 aliphatic heterocycles. The zero-order valence-electron chi connectivity index (χ0n) is 16.2. The van der Waals surface area contributed by atoms with E-state index in [1.54, 1.807) is 18.2 Å². The molecule has 0 aliphatic carbocycles. The summed E-state index contributed by atoms with van der Waals surface area (Å²) in [5, 5.41) is 4.52. The number of fused-ring (bicyclic) bond motifs is 1. The van der Waals surface area contributed by atoms with Crippen molar-refractivity contribution in [3.8, 4) is 11.3 Å². The Bertz CT molecular complexity index is 1380. The zero-order valence-corrected chi connectivity index (χ0v) is 14.2. The number of halogens is 2. The smallest absolute Gasteiger partial charge is 0.267 e. The third-order valence-corrected chi connectivity index (χ3v) is 4.11. The molecule has 2 aromatic heterocycles. The molecule has 4 rings (SSSR count). The minimum absolute atomic E-state index is 0.0446. The van der Waals surface area contributed by atoms with Crippen LogP contribution in [0, 0.1) is 18.5 Å². The lowest BCUT2D eigenvalue weighted by atomic mass is 10.1. The van der Waals surface area contributed by atoms with E-state index in [-0.39, 0.29) is 27.6 Å². The van der Waals surface area contributed by atoms with Crippen molar-refractivity contribution in [1.82, 2.24) is 14.8 Å². The molecule has 0 fully saturated rings. The quantitative estimate of drug-likeness (QED) is 0.395. The topological polar surface area (TPSA) is 52.1 Å². The van der Waals surface area contributed by atoms with E-state index in [1.807, 2.05) is 0 Å². The van der Waals surface area contributed by atoms with Crippen LogP contribution in [0.1, 0.15) is 8.30 Å². The van der Waals surface area contributed by atoms with Gasteiger partial charge in [-0.25, -0.2) is 9.53 Å². The highest BCUT2D eigenvalue weighted by molar-refractivity contribution is 5.93. The van der Waals surface area contributed by atoms with E-state index >= 15 is 0 Å². The van der Waals surface area contributed by atoms with E-state index in [0.29, 0.717) is 10.4 Å². The van der Waals surface area contributed by atoms with Gasteiger partial charge in [0.05, 0.1) is 26.8 Å². The molecule has 0 bridgehead atoms. The van der Waals surface area contributed by atoms with Gasteiger partial charge in [-0.1, -0.05) is 42.5 Å². The second kappa shape index (κ2) is 7.00. The minimum Gasteiger partial charge on any atom is -0.267 e. The molecule has 0 spiro atoms. The van der Waals surface area contributed by atoms with Gasteiger partial charge in [0.15, 0.2) is 5.69 Å². The molecule has 2 aromatic carbocycles. The van der Waals surface area contributed by atoms with E-state index in [2.05, 4.69) is 14.9 Å². The number of hydrogen-bond acceptors (Lipinski definition) is 3. The Morgan fingerprint density at radius 3 is 2.43 bits per heavy atom.